The fourth-order valence-electron chi connectivity index (χ4n) is 2.73. The number of carbonyl (C=O) groups excluding carboxylic acids is 2. The van der Waals surface area contributed by atoms with Crippen molar-refractivity contribution in [3.8, 4) is 5.75 Å². The van der Waals surface area contributed by atoms with Crippen molar-refractivity contribution < 1.29 is 14.3 Å². The number of nitrogens with zero attached hydrogens (tertiary/aromatic N) is 1. The summed E-state index contributed by atoms with van der Waals surface area (Å²) in [7, 11) is 0. The number of hydrogen-bond acceptors (Lipinski definition) is 5. The monoisotopic (exact) mass is 391 g/mol. The number of pyridine rings is 1. The molecule has 2 aromatic carbocycles. The lowest BCUT2D eigenvalue weighted by molar-refractivity contribution is -0.136. The highest BCUT2D eigenvalue weighted by molar-refractivity contribution is 5.96. The van der Waals surface area contributed by atoms with Crippen molar-refractivity contribution in [3.05, 3.63) is 94.4 Å². The topological polar surface area (TPSA) is 103 Å². The summed E-state index contributed by atoms with van der Waals surface area (Å²) in [6, 6.07) is 17.9. The molecule has 1 amide bonds. The quantitative estimate of drug-likeness (QED) is 0.381. The molecule has 0 aliphatic rings. The zero-order valence-electron chi connectivity index (χ0n) is 15.9. The van der Waals surface area contributed by atoms with E-state index in [9.17, 15) is 14.4 Å². The van der Waals surface area contributed by atoms with Crippen LogP contribution in [0, 0.1) is 0 Å². The molecule has 1 aromatic heterocycles. The third-order valence-corrected chi connectivity index (χ3v) is 4.24. The summed E-state index contributed by atoms with van der Waals surface area (Å²) in [5, 5.41) is 2.50. The molecule has 0 bridgehead atoms. The van der Waals surface area contributed by atoms with Gasteiger partial charge in [0.25, 0.3) is 11.5 Å². The molecule has 0 saturated heterocycles. The third kappa shape index (κ3) is 5.10. The zero-order chi connectivity index (χ0) is 20.8. The summed E-state index contributed by atoms with van der Waals surface area (Å²) in [5.41, 5.74) is 6.56. The van der Waals surface area contributed by atoms with Crippen LogP contribution in [0.2, 0.25) is 0 Å². The van der Waals surface area contributed by atoms with Gasteiger partial charge >= 0.3 is 5.97 Å². The minimum absolute atomic E-state index is 0.0490. The predicted molar refractivity (Wildman–Crippen MR) is 110 cm³/mol. The second kappa shape index (κ2) is 8.88. The van der Waals surface area contributed by atoms with Crippen molar-refractivity contribution in [1.82, 2.24) is 9.88 Å². The maximum atomic E-state index is 12.7. The van der Waals surface area contributed by atoms with E-state index in [-0.39, 0.29) is 11.3 Å². The normalized spacial score (nSPS) is 11.5. The van der Waals surface area contributed by atoms with Crippen LogP contribution in [0.3, 0.4) is 0 Å². The average molecular weight is 391 g/mol. The molecule has 0 aliphatic carbocycles. The van der Waals surface area contributed by atoms with Crippen molar-refractivity contribution >= 4 is 17.6 Å². The Morgan fingerprint density at radius 3 is 2.55 bits per heavy atom. The molecular formula is C22H21N3O4. The number of nitrogen functional groups attached to an aromatic ring is 1. The van der Waals surface area contributed by atoms with E-state index in [4.69, 9.17) is 10.5 Å². The Morgan fingerprint density at radius 1 is 1.07 bits per heavy atom. The van der Waals surface area contributed by atoms with Crippen LogP contribution < -0.4 is 21.3 Å². The van der Waals surface area contributed by atoms with Crippen LogP contribution in [0.25, 0.3) is 0 Å². The number of ether oxygens (including phenoxy) is 1. The van der Waals surface area contributed by atoms with Crippen molar-refractivity contribution in [3.63, 3.8) is 0 Å². The van der Waals surface area contributed by atoms with Crippen molar-refractivity contribution in [2.75, 3.05) is 5.73 Å². The molecule has 0 fully saturated rings. The average Bonchev–Trinajstić information content (AvgIpc) is 2.70. The Balaban J connectivity index is 1.69. The summed E-state index contributed by atoms with van der Waals surface area (Å²) in [6.45, 7) is 1.83. The summed E-state index contributed by atoms with van der Waals surface area (Å²) >= 11 is 0. The fraction of sp³-hybridized carbons (Fsp3) is 0.136. The smallest absolute Gasteiger partial charge is 0.333 e. The van der Waals surface area contributed by atoms with Crippen LogP contribution in [-0.4, -0.2) is 22.5 Å². The molecule has 29 heavy (non-hydrogen) atoms. The number of aromatic nitrogens is 1. The molecule has 1 heterocycles. The van der Waals surface area contributed by atoms with Gasteiger partial charge in [0.2, 0.25) is 0 Å². The van der Waals surface area contributed by atoms with Gasteiger partial charge in [-0.1, -0.05) is 36.4 Å². The third-order valence-electron chi connectivity index (χ3n) is 4.24. The van der Waals surface area contributed by atoms with E-state index in [1.807, 2.05) is 30.3 Å². The Bertz CT molecular complexity index is 1080. The minimum Gasteiger partial charge on any atom is -0.425 e. The second-order valence-electron chi connectivity index (χ2n) is 6.53. The Hall–Kier alpha value is -3.87. The Morgan fingerprint density at radius 2 is 1.83 bits per heavy atom. The van der Waals surface area contributed by atoms with Crippen LogP contribution in [0.1, 0.15) is 22.8 Å². The molecule has 3 N–H and O–H groups in total. The maximum Gasteiger partial charge on any atom is 0.333 e. The number of amides is 1. The Labute approximate surface area is 167 Å². The molecule has 0 spiro atoms. The molecule has 0 aliphatic heterocycles. The molecular weight excluding hydrogens is 370 g/mol. The van der Waals surface area contributed by atoms with E-state index < -0.39 is 23.5 Å². The van der Waals surface area contributed by atoms with Crippen molar-refractivity contribution in [1.29, 1.82) is 0 Å². The van der Waals surface area contributed by atoms with Crippen molar-refractivity contribution in [2.24, 2.45) is 0 Å². The zero-order valence-corrected chi connectivity index (χ0v) is 15.9. The number of esters is 1. The van der Waals surface area contributed by atoms with E-state index >= 15 is 0 Å². The van der Waals surface area contributed by atoms with Gasteiger partial charge in [-0.3, -0.25) is 9.59 Å². The molecule has 7 heteroatoms. The van der Waals surface area contributed by atoms with Gasteiger partial charge in [0.1, 0.15) is 17.4 Å². The van der Waals surface area contributed by atoms with Gasteiger partial charge in [0.15, 0.2) is 0 Å². The van der Waals surface area contributed by atoms with Crippen LogP contribution >= 0.6 is 0 Å². The van der Waals surface area contributed by atoms with Gasteiger partial charge in [-0.25, -0.2) is 4.79 Å². The lowest BCUT2D eigenvalue weighted by Gasteiger charge is -2.14. The predicted octanol–water partition coefficient (Wildman–Crippen LogP) is 2.20. The van der Waals surface area contributed by atoms with Crippen LogP contribution in [0.4, 0.5) is 5.69 Å². The molecule has 0 radical (unpaired) electrons. The fourth-order valence-corrected chi connectivity index (χ4v) is 2.73. The molecule has 3 aromatic rings. The SMILES string of the molecule is C[C@H](NC(=O)c1cccn(Cc2ccccc2)c1=O)C(=O)Oc1cccc(N)c1. The Kier molecular flexibility index (Phi) is 6.09. The minimum atomic E-state index is -0.953. The number of nitrogens with two attached hydrogens (primary N) is 1. The first-order valence-electron chi connectivity index (χ1n) is 9.05. The molecule has 7 nitrogen and oxygen atoms in total. The summed E-state index contributed by atoms with van der Waals surface area (Å²) in [4.78, 5) is 37.4. The van der Waals surface area contributed by atoms with E-state index in [1.54, 1.807) is 30.5 Å². The number of rotatable bonds is 6. The number of carbonyl (C=O) groups is 2. The maximum absolute atomic E-state index is 12.7. The number of anilines is 1. The van der Waals surface area contributed by atoms with Gasteiger partial charge < -0.3 is 20.4 Å². The van der Waals surface area contributed by atoms with E-state index in [1.165, 1.54) is 23.6 Å². The summed E-state index contributed by atoms with van der Waals surface area (Å²) in [5.74, 6) is -1.03. The highest BCUT2D eigenvalue weighted by Gasteiger charge is 2.21. The van der Waals surface area contributed by atoms with Crippen LogP contribution in [0.5, 0.6) is 5.75 Å². The molecule has 1 atom stereocenters. The first kappa shape index (κ1) is 19.9. The van der Waals surface area contributed by atoms with E-state index in [2.05, 4.69) is 5.32 Å². The first-order valence-corrected chi connectivity index (χ1v) is 9.05. The second-order valence-corrected chi connectivity index (χ2v) is 6.53. The largest absolute Gasteiger partial charge is 0.425 e. The number of nitrogens with one attached hydrogen (secondary N) is 1. The standard InChI is InChI=1S/C22H21N3O4/c1-15(22(28)29-18-10-5-9-17(23)13-18)24-20(26)19-11-6-12-25(21(19)27)14-16-7-3-2-4-8-16/h2-13,15H,14,23H2,1H3,(H,24,26)/t15-/m0/s1. The number of hydrogen-bond donors (Lipinski definition) is 2. The molecule has 0 saturated carbocycles. The summed E-state index contributed by atoms with van der Waals surface area (Å²) in [6.07, 6.45) is 1.61. The van der Waals surface area contributed by atoms with Gasteiger partial charge in [-0.15, -0.1) is 0 Å². The highest BCUT2D eigenvalue weighted by atomic mass is 16.5. The molecule has 0 unspecified atom stereocenters. The highest BCUT2D eigenvalue weighted by Crippen LogP contribution is 2.15. The summed E-state index contributed by atoms with van der Waals surface area (Å²) < 4.78 is 6.65. The molecule has 148 valence electrons. The first-order chi connectivity index (χ1) is 13.9. The van der Waals surface area contributed by atoms with Crippen LogP contribution in [-0.2, 0) is 11.3 Å². The lowest BCUT2D eigenvalue weighted by atomic mass is 10.2. The van der Waals surface area contributed by atoms with E-state index in [0.29, 0.717) is 12.2 Å². The van der Waals surface area contributed by atoms with Gasteiger partial charge in [-0.2, -0.15) is 0 Å². The number of benzene rings is 2. The lowest BCUT2D eigenvalue weighted by Crippen LogP contribution is -2.43. The molecule has 3 rings (SSSR count). The van der Waals surface area contributed by atoms with Gasteiger partial charge in [0.05, 0.1) is 6.54 Å². The van der Waals surface area contributed by atoms with Gasteiger partial charge in [-0.05, 0) is 36.8 Å². The van der Waals surface area contributed by atoms with E-state index in [0.717, 1.165) is 5.56 Å². The van der Waals surface area contributed by atoms with Gasteiger partial charge in [0, 0.05) is 18.0 Å². The van der Waals surface area contributed by atoms with Crippen LogP contribution in [0.15, 0.2) is 77.7 Å². The van der Waals surface area contributed by atoms with Crippen molar-refractivity contribution in [2.45, 2.75) is 19.5 Å².